The highest BCUT2D eigenvalue weighted by atomic mass is 32.1. The Labute approximate surface area is 101 Å². The molecular weight excluding hydrogens is 218 g/mol. The maximum atomic E-state index is 12.5. The van der Waals surface area contributed by atoms with Crippen LogP contribution in [0.3, 0.4) is 0 Å². The fourth-order valence-corrected chi connectivity index (χ4v) is 3.32. The molecule has 2 rings (SSSR count). The lowest BCUT2D eigenvalue weighted by atomic mass is 9.94. The Balaban J connectivity index is 2.23. The van der Waals surface area contributed by atoms with Gasteiger partial charge in [0.25, 0.3) is 0 Å². The van der Waals surface area contributed by atoms with Crippen LogP contribution in [0.1, 0.15) is 41.9 Å². The van der Waals surface area contributed by atoms with Crippen molar-refractivity contribution < 1.29 is 4.79 Å². The smallest absolute Gasteiger partial charge is 0.192 e. The SMILES string of the molecule is Cc1ccsc1C(=O)C(C)(C)N1CCCC1. The zero-order valence-corrected chi connectivity index (χ0v) is 11.1. The fraction of sp³-hybridized carbons (Fsp3) is 0.615. The van der Waals surface area contributed by atoms with E-state index in [-0.39, 0.29) is 11.3 Å². The van der Waals surface area contributed by atoms with Gasteiger partial charge in [-0.1, -0.05) is 0 Å². The van der Waals surface area contributed by atoms with E-state index >= 15 is 0 Å². The van der Waals surface area contributed by atoms with Crippen molar-refractivity contribution in [1.82, 2.24) is 4.90 Å². The van der Waals surface area contributed by atoms with Gasteiger partial charge < -0.3 is 0 Å². The van der Waals surface area contributed by atoms with Crippen LogP contribution in [0, 0.1) is 6.92 Å². The predicted molar refractivity (Wildman–Crippen MR) is 68.3 cm³/mol. The zero-order chi connectivity index (χ0) is 11.8. The average Bonchev–Trinajstić information content (AvgIpc) is 2.86. The second-order valence-corrected chi connectivity index (χ2v) is 5.93. The van der Waals surface area contributed by atoms with Crippen molar-refractivity contribution in [2.24, 2.45) is 0 Å². The summed E-state index contributed by atoms with van der Waals surface area (Å²) in [6.45, 7) is 8.25. The van der Waals surface area contributed by atoms with Crippen LogP contribution in [0.4, 0.5) is 0 Å². The first-order chi connectivity index (χ1) is 7.53. The minimum absolute atomic E-state index is 0.280. The molecule has 1 aliphatic rings. The Morgan fingerprint density at radius 2 is 2.00 bits per heavy atom. The Bertz CT molecular complexity index is 388. The van der Waals surface area contributed by atoms with E-state index < -0.39 is 0 Å². The molecule has 0 spiro atoms. The lowest BCUT2D eigenvalue weighted by molar-refractivity contribution is 0.0706. The van der Waals surface area contributed by atoms with Gasteiger partial charge in [0.15, 0.2) is 5.78 Å². The van der Waals surface area contributed by atoms with Crippen molar-refractivity contribution >= 4 is 17.1 Å². The molecule has 1 saturated heterocycles. The van der Waals surface area contributed by atoms with E-state index in [1.54, 1.807) is 11.3 Å². The van der Waals surface area contributed by atoms with E-state index in [0.717, 1.165) is 23.5 Å². The number of nitrogens with zero attached hydrogens (tertiary/aromatic N) is 1. The van der Waals surface area contributed by atoms with Crippen LogP contribution in [-0.2, 0) is 0 Å². The summed E-state index contributed by atoms with van der Waals surface area (Å²) in [4.78, 5) is 15.7. The van der Waals surface area contributed by atoms with Crippen molar-refractivity contribution in [3.05, 3.63) is 21.9 Å². The monoisotopic (exact) mass is 237 g/mol. The topological polar surface area (TPSA) is 20.3 Å². The minimum Gasteiger partial charge on any atom is -0.291 e. The zero-order valence-electron chi connectivity index (χ0n) is 10.2. The maximum absolute atomic E-state index is 12.5. The molecule has 1 aromatic rings. The van der Waals surface area contributed by atoms with Crippen LogP contribution in [0.2, 0.25) is 0 Å². The van der Waals surface area contributed by atoms with Crippen LogP contribution >= 0.6 is 11.3 Å². The van der Waals surface area contributed by atoms with Gasteiger partial charge in [-0.2, -0.15) is 0 Å². The summed E-state index contributed by atoms with van der Waals surface area (Å²) in [6, 6.07) is 2.03. The normalized spacial score (nSPS) is 17.9. The summed E-state index contributed by atoms with van der Waals surface area (Å²) in [5.41, 5.74) is 0.772. The van der Waals surface area contributed by atoms with Gasteiger partial charge in [-0.15, -0.1) is 11.3 Å². The summed E-state index contributed by atoms with van der Waals surface area (Å²) >= 11 is 1.57. The van der Waals surface area contributed by atoms with Crippen LogP contribution in [-0.4, -0.2) is 29.3 Å². The molecule has 1 fully saturated rings. The lowest BCUT2D eigenvalue weighted by Crippen LogP contribution is -2.48. The number of carbonyl (C=O) groups excluding carboxylic acids is 1. The number of aryl methyl sites for hydroxylation is 1. The van der Waals surface area contributed by atoms with Gasteiger partial charge in [-0.05, 0) is 63.7 Å². The highest BCUT2D eigenvalue weighted by Gasteiger charge is 2.37. The van der Waals surface area contributed by atoms with Gasteiger partial charge in [-0.3, -0.25) is 9.69 Å². The molecule has 2 nitrogen and oxygen atoms in total. The number of hydrogen-bond acceptors (Lipinski definition) is 3. The molecule has 1 aliphatic heterocycles. The molecule has 3 heteroatoms. The molecule has 0 N–H and O–H groups in total. The second-order valence-electron chi connectivity index (χ2n) is 5.02. The molecule has 0 bridgehead atoms. The molecule has 0 unspecified atom stereocenters. The van der Waals surface area contributed by atoms with Crippen molar-refractivity contribution in [3.63, 3.8) is 0 Å². The number of hydrogen-bond donors (Lipinski definition) is 0. The number of likely N-dealkylation sites (tertiary alicyclic amines) is 1. The third kappa shape index (κ3) is 1.94. The number of rotatable bonds is 3. The van der Waals surface area contributed by atoms with Gasteiger partial charge in [0.1, 0.15) is 0 Å². The Morgan fingerprint density at radius 3 is 2.50 bits per heavy atom. The molecule has 0 aliphatic carbocycles. The third-order valence-corrected chi connectivity index (χ3v) is 4.54. The summed E-state index contributed by atoms with van der Waals surface area (Å²) in [6.07, 6.45) is 2.44. The molecule has 0 atom stereocenters. The van der Waals surface area contributed by atoms with Crippen molar-refractivity contribution in [2.75, 3.05) is 13.1 Å². The van der Waals surface area contributed by atoms with Crippen LogP contribution in [0.5, 0.6) is 0 Å². The first-order valence-corrected chi connectivity index (χ1v) is 6.75. The summed E-state index contributed by atoms with van der Waals surface area (Å²) in [5, 5.41) is 2.00. The summed E-state index contributed by atoms with van der Waals surface area (Å²) in [7, 11) is 0. The van der Waals surface area contributed by atoms with Crippen LogP contribution in [0.15, 0.2) is 11.4 Å². The van der Waals surface area contributed by atoms with Crippen molar-refractivity contribution in [1.29, 1.82) is 0 Å². The molecule has 16 heavy (non-hydrogen) atoms. The van der Waals surface area contributed by atoms with Gasteiger partial charge in [0.05, 0.1) is 10.4 Å². The Hall–Kier alpha value is -0.670. The fourth-order valence-electron chi connectivity index (χ4n) is 2.30. The third-order valence-electron chi connectivity index (χ3n) is 3.52. The lowest BCUT2D eigenvalue weighted by Gasteiger charge is -2.33. The average molecular weight is 237 g/mol. The van der Waals surface area contributed by atoms with Gasteiger partial charge in [-0.25, -0.2) is 0 Å². The van der Waals surface area contributed by atoms with Crippen LogP contribution < -0.4 is 0 Å². The van der Waals surface area contributed by atoms with Gasteiger partial charge in [0.2, 0.25) is 0 Å². The second kappa shape index (κ2) is 4.30. The molecule has 2 heterocycles. The first kappa shape index (κ1) is 11.8. The van der Waals surface area contributed by atoms with Crippen LogP contribution in [0.25, 0.3) is 0 Å². The standard InChI is InChI=1S/C13H19NOS/c1-10-6-9-16-11(10)12(15)13(2,3)14-7-4-5-8-14/h6,9H,4-5,7-8H2,1-3H3. The number of carbonyl (C=O) groups is 1. The number of thiophene rings is 1. The molecule has 1 aromatic heterocycles. The van der Waals surface area contributed by atoms with E-state index in [4.69, 9.17) is 0 Å². The maximum Gasteiger partial charge on any atom is 0.192 e. The Morgan fingerprint density at radius 1 is 1.38 bits per heavy atom. The minimum atomic E-state index is -0.341. The van der Waals surface area contributed by atoms with E-state index in [9.17, 15) is 4.79 Å². The molecule has 0 aromatic carbocycles. The van der Waals surface area contributed by atoms with Crippen molar-refractivity contribution in [2.45, 2.75) is 39.2 Å². The predicted octanol–water partition coefficient (Wildman–Crippen LogP) is 3.11. The van der Waals surface area contributed by atoms with E-state index in [0.29, 0.717) is 0 Å². The largest absolute Gasteiger partial charge is 0.291 e. The molecule has 88 valence electrons. The number of Topliss-reactive ketones (excluding diaryl/α,β-unsaturated/α-hetero) is 1. The van der Waals surface area contributed by atoms with E-state index in [1.165, 1.54) is 12.8 Å². The van der Waals surface area contributed by atoms with Gasteiger partial charge >= 0.3 is 0 Å². The highest BCUT2D eigenvalue weighted by Crippen LogP contribution is 2.28. The molecule has 0 saturated carbocycles. The molecule has 0 amide bonds. The molecule has 0 radical (unpaired) electrons. The Kier molecular flexibility index (Phi) is 3.17. The van der Waals surface area contributed by atoms with Crippen molar-refractivity contribution in [3.8, 4) is 0 Å². The highest BCUT2D eigenvalue weighted by molar-refractivity contribution is 7.12. The quantitative estimate of drug-likeness (QED) is 0.753. The summed E-state index contributed by atoms with van der Waals surface area (Å²) in [5.74, 6) is 0.280. The summed E-state index contributed by atoms with van der Waals surface area (Å²) < 4.78 is 0. The molecular formula is C13H19NOS. The van der Waals surface area contributed by atoms with E-state index in [2.05, 4.69) is 18.7 Å². The van der Waals surface area contributed by atoms with Gasteiger partial charge in [0, 0.05) is 0 Å². The first-order valence-electron chi connectivity index (χ1n) is 5.87. The van der Waals surface area contributed by atoms with E-state index in [1.807, 2.05) is 18.4 Å². The number of ketones is 1.